The van der Waals surface area contributed by atoms with Gasteiger partial charge in [0.05, 0.1) is 23.8 Å². The van der Waals surface area contributed by atoms with Gasteiger partial charge in [-0.15, -0.1) is 0 Å². The largest absolute Gasteiger partial charge is 0.416 e. The van der Waals surface area contributed by atoms with E-state index in [1.165, 1.54) is 6.92 Å². The number of benzene rings is 1. The first-order chi connectivity index (χ1) is 16.9. The van der Waals surface area contributed by atoms with Gasteiger partial charge in [-0.1, -0.05) is 24.3 Å². The van der Waals surface area contributed by atoms with Gasteiger partial charge in [0, 0.05) is 37.6 Å². The molecular formula is C25H29F6N3O2. The monoisotopic (exact) mass is 517 g/mol. The summed E-state index contributed by atoms with van der Waals surface area (Å²) in [6, 6.07) is 1.17. The summed E-state index contributed by atoms with van der Waals surface area (Å²) in [5, 5.41) is 6.26. The summed E-state index contributed by atoms with van der Waals surface area (Å²) in [4.78, 5) is 14.0. The van der Waals surface area contributed by atoms with E-state index in [0.29, 0.717) is 31.8 Å². The molecule has 1 aliphatic carbocycles. The molecule has 1 aromatic rings. The average Bonchev–Trinajstić information content (AvgIpc) is 3.23. The summed E-state index contributed by atoms with van der Waals surface area (Å²) in [6.07, 6.45) is -1.15. The molecule has 0 aromatic heterocycles. The third-order valence-electron chi connectivity index (χ3n) is 7.15. The maximum Gasteiger partial charge on any atom is 0.416 e. The number of nitrogens with zero attached hydrogens (tertiary/aromatic N) is 1. The molecule has 2 amide bonds. The SMILES string of the molecule is C[C@@H](OC[C@H]1NC[C@@H](N2CCNC2=O)CCC2C=CC=CC21)c1cc(C(F)(F)F)cc(C(F)(F)F)c1. The second-order valence-electron chi connectivity index (χ2n) is 9.50. The van der Waals surface area contributed by atoms with E-state index in [9.17, 15) is 31.1 Å². The fourth-order valence-corrected chi connectivity index (χ4v) is 5.13. The molecule has 0 saturated carbocycles. The van der Waals surface area contributed by atoms with Crippen molar-refractivity contribution in [2.45, 2.75) is 50.3 Å². The van der Waals surface area contributed by atoms with Crippen molar-refractivity contribution >= 4 is 6.03 Å². The predicted molar refractivity (Wildman–Crippen MR) is 121 cm³/mol. The zero-order chi connectivity index (χ0) is 26.1. The molecule has 2 heterocycles. The minimum atomic E-state index is -4.92. The third-order valence-corrected chi connectivity index (χ3v) is 7.15. The molecule has 5 atom stereocenters. The van der Waals surface area contributed by atoms with Gasteiger partial charge in [0.25, 0.3) is 0 Å². The molecule has 0 bridgehead atoms. The van der Waals surface area contributed by atoms with Crippen LogP contribution in [0.15, 0.2) is 42.5 Å². The number of alkyl halides is 6. The molecule has 5 nitrogen and oxygen atoms in total. The van der Waals surface area contributed by atoms with E-state index in [-0.39, 0.29) is 48.2 Å². The molecular weight excluding hydrogens is 488 g/mol. The molecule has 198 valence electrons. The number of hydrogen-bond acceptors (Lipinski definition) is 3. The van der Waals surface area contributed by atoms with Crippen molar-refractivity contribution < 1.29 is 35.9 Å². The molecule has 4 rings (SSSR count). The lowest BCUT2D eigenvalue weighted by Crippen LogP contribution is -2.52. The summed E-state index contributed by atoms with van der Waals surface area (Å²) in [6.45, 7) is 3.24. The number of rotatable bonds is 5. The smallest absolute Gasteiger partial charge is 0.372 e. The van der Waals surface area contributed by atoms with Crippen LogP contribution in [0.4, 0.5) is 31.1 Å². The number of halogens is 6. The van der Waals surface area contributed by atoms with Crippen molar-refractivity contribution in [1.82, 2.24) is 15.5 Å². The van der Waals surface area contributed by atoms with E-state index in [1.807, 2.05) is 18.2 Å². The number of carbonyl (C=O) groups excluding carboxylic acids is 1. The van der Waals surface area contributed by atoms with Gasteiger partial charge in [0.1, 0.15) is 0 Å². The van der Waals surface area contributed by atoms with Gasteiger partial charge < -0.3 is 20.3 Å². The van der Waals surface area contributed by atoms with E-state index in [0.717, 1.165) is 12.8 Å². The summed E-state index contributed by atoms with van der Waals surface area (Å²) in [5.41, 5.74) is -2.91. The van der Waals surface area contributed by atoms with Crippen LogP contribution in [0.2, 0.25) is 0 Å². The standard InChI is InChI=1S/C25H29F6N3O2/c1-15(17-10-18(24(26,27)28)12-19(11-17)25(29,30)31)36-14-22-21-5-3-2-4-16(21)6-7-20(13-33-22)34-9-8-32-23(34)35/h2-5,10-12,15-16,20-22,33H,6-9,13-14H2,1H3,(H,32,35)/t15-,16?,20+,21?,22-/m1/s1. The Morgan fingerprint density at radius 2 is 1.69 bits per heavy atom. The second-order valence-corrected chi connectivity index (χ2v) is 9.50. The predicted octanol–water partition coefficient (Wildman–Crippen LogP) is 5.31. The van der Waals surface area contributed by atoms with Crippen molar-refractivity contribution in [3.05, 3.63) is 59.2 Å². The highest BCUT2D eigenvalue weighted by molar-refractivity contribution is 5.76. The van der Waals surface area contributed by atoms with Crippen molar-refractivity contribution in [2.24, 2.45) is 11.8 Å². The maximum absolute atomic E-state index is 13.3. The summed E-state index contributed by atoms with van der Waals surface area (Å²) in [7, 11) is 0. The Balaban J connectivity index is 1.50. The van der Waals surface area contributed by atoms with Gasteiger partial charge >= 0.3 is 18.4 Å². The molecule has 0 radical (unpaired) electrons. The van der Waals surface area contributed by atoms with Crippen LogP contribution in [0.3, 0.4) is 0 Å². The van der Waals surface area contributed by atoms with Crippen LogP contribution in [0.5, 0.6) is 0 Å². The zero-order valence-corrected chi connectivity index (χ0v) is 19.7. The first-order valence-electron chi connectivity index (χ1n) is 12.0. The van der Waals surface area contributed by atoms with Crippen LogP contribution >= 0.6 is 0 Å². The molecule has 2 unspecified atom stereocenters. The number of fused-ring (bicyclic) bond motifs is 1. The van der Waals surface area contributed by atoms with Crippen LogP contribution in [0.25, 0.3) is 0 Å². The molecule has 1 aromatic carbocycles. The quantitative estimate of drug-likeness (QED) is 0.521. The first kappa shape index (κ1) is 26.5. The fraction of sp³-hybridized carbons (Fsp3) is 0.560. The number of ether oxygens (including phenoxy) is 1. The second kappa shape index (κ2) is 10.5. The lowest BCUT2D eigenvalue weighted by atomic mass is 9.78. The van der Waals surface area contributed by atoms with E-state index < -0.39 is 29.6 Å². The number of nitrogens with one attached hydrogen (secondary N) is 2. The molecule has 2 saturated heterocycles. The Bertz CT molecular complexity index is 974. The minimum Gasteiger partial charge on any atom is -0.372 e. The summed E-state index contributed by atoms with van der Waals surface area (Å²) in [5.74, 6) is 0.216. The molecule has 36 heavy (non-hydrogen) atoms. The third kappa shape index (κ3) is 6.05. The lowest BCUT2D eigenvalue weighted by Gasteiger charge is -2.39. The van der Waals surface area contributed by atoms with Crippen LogP contribution < -0.4 is 10.6 Å². The van der Waals surface area contributed by atoms with Crippen LogP contribution in [0, 0.1) is 11.8 Å². The van der Waals surface area contributed by atoms with Crippen molar-refractivity contribution in [3.63, 3.8) is 0 Å². The molecule has 2 N–H and O–H groups in total. The highest BCUT2D eigenvalue weighted by atomic mass is 19.4. The Morgan fingerprint density at radius 1 is 1.03 bits per heavy atom. The molecule has 3 aliphatic rings. The maximum atomic E-state index is 13.3. The van der Waals surface area contributed by atoms with Gasteiger partial charge in [-0.05, 0) is 49.4 Å². The Hall–Kier alpha value is -2.53. The topological polar surface area (TPSA) is 53.6 Å². The molecule has 0 spiro atoms. The highest BCUT2D eigenvalue weighted by Crippen LogP contribution is 2.38. The van der Waals surface area contributed by atoms with Gasteiger partial charge in [-0.3, -0.25) is 0 Å². The van der Waals surface area contributed by atoms with Gasteiger partial charge in [-0.2, -0.15) is 26.3 Å². The van der Waals surface area contributed by atoms with E-state index in [1.54, 1.807) is 4.90 Å². The van der Waals surface area contributed by atoms with E-state index in [2.05, 4.69) is 16.7 Å². The number of urea groups is 1. The minimum absolute atomic E-state index is 0.0227. The highest BCUT2D eigenvalue weighted by Gasteiger charge is 2.38. The zero-order valence-electron chi connectivity index (χ0n) is 19.7. The first-order valence-corrected chi connectivity index (χ1v) is 12.0. The van der Waals surface area contributed by atoms with Crippen LogP contribution in [-0.4, -0.2) is 49.3 Å². The number of hydrogen-bond donors (Lipinski definition) is 2. The molecule has 2 fully saturated rings. The Labute approximate surface area is 205 Å². The van der Waals surface area contributed by atoms with Crippen molar-refractivity contribution in [1.29, 1.82) is 0 Å². The van der Waals surface area contributed by atoms with Crippen LogP contribution in [0.1, 0.15) is 42.6 Å². The van der Waals surface area contributed by atoms with Gasteiger partial charge in [0.2, 0.25) is 0 Å². The Kier molecular flexibility index (Phi) is 7.70. The van der Waals surface area contributed by atoms with Gasteiger partial charge in [-0.25, -0.2) is 4.79 Å². The van der Waals surface area contributed by atoms with Gasteiger partial charge in [0.15, 0.2) is 0 Å². The number of amides is 2. The normalized spacial score (nSPS) is 27.9. The molecule has 11 heteroatoms. The molecule has 2 aliphatic heterocycles. The fourth-order valence-electron chi connectivity index (χ4n) is 5.13. The van der Waals surface area contributed by atoms with Crippen molar-refractivity contribution in [2.75, 3.05) is 26.2 Å². The number of allylic oxidation sites excluding steroid dienone is 3. The van der Waals surface area contributed by atoms with E-state index >= 15 is 0 Å². The average molecular weight is 518 g/mol. The summed E-state index contributed by atoms with van der Waals surface area (Å²) >= 11 is 0. The lowest BCUT2D eigenvalue weighted by molar-refractivity contribution is -0.143. The van der Waals surface area contributed by atoms with E-state index in [4.69, 9.17) is 4.74 Å². The summed E-state index contributed by atoms with van der Waals surface area (Å²) < 4.78 is 85.5. The number of carbonyl (C=O) groups is 1. The van der Waals surface area contributed by atoms with Crippen molar-refractivity contribution in [3.8, 4) is 0 Å². The van der Waals surface area contributed by atoms with Crippen LogP contribution in [-0.2, 0) is 17.1 Å². The Morgan fingerprint density at radius 3 is 2.31 bits per heavy atom.